The minimum atomic E-state index is 0.282. The first-order chi connectivity index (χ1) is 7.84. The van der Waals surface area contributed by atoms with Crippen molar-refractivity contribution in [2.45, 2.75) is 57.0 Å². The number of nitrogens with one attached hydrogen (secondary N) is 1. The fourth-order valence-electron chi connectivity index (χ4n) is 2.91. The van der Waals surface area contributed by atoms with Crippen LogP contribution in [0.4, 0.5) is 0 Å². The largest absolute Gasteiger partial charge is 0.378 e. The molecule has 0 spiro atoms. The summed E-state index contributed by atoms with van der Waals surface area (Å²) in [5.74, 6) is 3.09. The van der Waals surface area contributed by atoms with Gasteiger partial charge in [-0.15, -0.1) is 0 Å². The Hall–Kier alpha value is -0.900. The molecule has 88 valence electrons. The molecule has 2 fully saturated rings. The normalized spacial score (nSPS) is 31.3. The average molecular weight is 221 g/mol. The van der Waals surface area contributed by atoms with Crippen LogP contribution in [0.25, 0.3) is 0 Å². The third-order valence-electron chi connectivity index (χ3n) is 3.97. The summed E-state index contributed by atoms with van der Waals surface area (Å²) in [6.07, 6.45) is 6.53. The van der Waals surface area contributed by atoms with Crippen molar-refractivity contribution >= 4 is 0 Å². The van der Waals surface area contributed by atoms with E-state index in [1.807, 2.05) is 0 Å². The van der Waals surface area contributed by atoms with Gasteiger partial charge in [-0.05, 0) is 26.2 Å². The number of H-pyrrole nitrogens is 1. The van der Waals surface area contributed by atoms with Gasteiger partial charge < -0.3 is 4.74 Å². The Bertz CT molecular complexity index is 357. The van der Waals surface area contributed by atoms with Crippen LogP contribution in [0.1, 0.15) is 62.5 Å². The summed E-state index contributed by atoms with van der Waals surface area (Å²) in [6, 6.07) is 0. The van der Waals surface area contributed by atoms with Crippen LogP contribution in [0.5, 0.6) is 0 Å². The maximum atomic E-state index is 5.57. The van der Waals surface area contributed by atoms with E-state index in [0.29, 0.717) is 11.8 Å². The van der Waals surface area contributed by atoms with Crippen molar-refractivity contribution < 1.29 is 4.74 Å². The lowest BCUT2D eigenvalue weighted by atomic mass is 10.0. The quantitative estimate of drug-likeness (QED) is 0.834. The highest BCUT2D eigenvalue weighted by atomic mass is 16.5. The van der Waals surface area contributed by atoms with Gasteiger partial charge in [0.15, 0.2) is 5.82 Å². The average Bonchev–Trinajstić information content (AvgIpc) is 2.96. The number of aromatic amines is 1. The topological polar surface area (TPSA) is 50.8 Å². The molecule has 1 aliphatic carbocycles. The maximum absolute atomic E-state index is 5.57. The molecule has 0 amide bonds. The Morgan fingerprint density at radius 3 is 2.75 bits per heavy atom. The third-order valence-corrected chi connectivity index (χ3v) is 3.97. The second-order valence-electron chi connectivity index (χ2n) is 5.03. The number of hydrogen-bond acceptors (Lipinski definition) is 3. The minimum absolute atomic E-state index is 0.282. The Morgan fingerprint density at radius 1 is 1.25 bits per heavy atom. The van der Waals surface area contributed by atoms with E-state index in [2.05, 4.69) is 22.1 Å². The lowest BCUT2D eigenvalue weighted by molar-refractivity contribution is 0.117. The Balaban J connectivity index is 1.76. The zero-order valence-electron chi connectivity index (χ0n) is 9.78. The van der Waals surface area contributed by atoms with Crippen LogP contribution in [0.3, 0.4) is 0 Å². The predicted molar refractivity (Wildman–Crippen MR) is 60.4 cm³/mol. The molecule has 4 nitrogen and oxygen atoms in total. The van der Waals surface area contributed by atoms with Crippen LogP contribution < -0.4 is 0 Å². The first kappa shape index (κ1) is 10.3. The van der Waals surface area contributed by atoms with Crippen molar-refractivity contribution in [3.05, 3.63) is 11.6 Å². The van der Waals surface area contributed by atoms with Crippen LogP contribution in [-0.4, -0.2) is 27.9 Å². The molecule has 1 aromatic rings. The second-order valence-corrected chi connectivity index (χ2v) is 5.03. The summed E-state index contributed by atoms with van der Waals surface area (Å²) in [5, 5.41) is 7.50. The smallest absolute Gasteiger partial charge is 0.153 e. The van der Waals surface area contributed by atoms with Gasteiger partial charge in [-0.3, -0.25) is 5.10 Å². The standard InChI is InChI=1S/C12H19N3O/c1-8-10(6-7-16-8)12-13-11(14-15-12)9-4-2-3-5-9/h8-10H,2-7H2,1H3,(H,13,14,15). The predicted octanol–water partition coefficient (Wildman–Crippen LogP) is 2.35. The highest BCUT2D eigenvalue weighted by molar-refractivity contribution is 5.06. The van der Waals surface area contributed by atoms with E-state index in [4.69, 9.17) is 4.74 Å². The van der Waals surface area contributed by atoms with E-state index < -0.39 is 0 Å². The Labute approximate surface area is 95.8 Å². The number of nitrogens with zero attached hydrogens (tertiary/aromatic N) is 2. The molecule has 2 unspecified atom stereocenters. The molecule has 4 heteroatoms. The molecule has 1 aromatic heterocycles. The Morgan fingerprint density at radius 2 is 2.06 bits per heavy atom. The van der Waals surface area contributed by atoms with Gasteiger partial charge in [0, 0.05) is 18.4 Å². The van der Waals surface area contributed by atoms with Crippen LogP contribution in [-0.2, 0) is 4.74 Å². The zero-order valence-corrected chi connectivity index (χ0v) is 9.78. The van der Waals surface area contributed by atoms with Gasteiger partial charge in [-0.25, -0.2) is 4.98 Å². The first-order valence-corrected chi connectivity index (χ1v) is 6.38. The highest BCUT2D eigenvalue weighted by Gasteiger charge is 2.30. The van der Waals surface area contributed by atoms with Crippen molar-refractivity contribution in [2.75, 3.05) is 6.61 Å². The first-order valence-electron chi connectivity index (χ1n) is 6.38. The Kier molecular flexibility index (Phi) is 2.67. The number of aromatic nitrogens is 3. The van der Waals surface area contributed by atoms with E-state index >= 15 is 0 Å². The molecule has 1 aliphatic heterocycles. The van der Waals surface area contributed by atoms with Gasteiger partial charge in [0.05, 0.1) is 6.10 Å². The van der Waals surface area contributed by atoms with E-state index in [-0.39, 0.29) is 6.10 Å². The SMILES string of the molecule is CC1OCCC1c1nc(C2CCCC2)n[nH]1. The number of ether oxygens (including phenoxy) is 1. The van der Waals surface area contributed by atoms with Gasteiger partial charge in [0.2, 0.25) is 0 Å². The summed E-state index contributed by atoms with van der Waals surface area (Å²) >= 11 is 0. The molecule has 0 bridgehead atoms. The fraction of sp³-hybridized carbons (Fsp3) is 0.833. The summed E-state index contributed by atoms with van der Waals surface area (Å²) in [7, 11) is 0. The van der Waals surface area contributed by atoms with Crippen LogP contribution >= 0.6 is 0 Å². The molecular weight excluding hydrogens is 202 g/mol. The molecule has 2 aliphatic rings. The molecule has 2 atom stereocenters. The summed E-state index contributed by atoms with van der Waals surface area (Å²) in [4.78, 5) is 4.68. The van der Waals surface area contributed by atoms with Crippen molar-refractivity contribution in [1.29, 1.82) is 0 Å². The summed E-state index contributed by atoms with van der Waals surface area (Å²) < 4.78 is 5.57. The maximum Gasteiger partial charge on any atom is 0.153 e. The molecule has 1 saturated heterocycles. The van der Waals surface area contributed by atoms with Crippen molar-refractivity contribution in [3.63, 3.8) is 0 Å². The lowest BCUT2D eigenvalue weighted by Crippen LogP contribution is -2.11. The minimum Gasteiger partial charge on any atom is -0.378 e. The molecule has 0 aromatic carbocycles. The number of rotatable bonds is 2. The second kappa shape index (κ2) is 4.17. The zero-order chi connectivity index (χ0) is 11.0. The molecule has 1 N–H and O–H groups in total. The van der Waals surface area contributed by atoms with Gasteiger partial charge in [-0.2, -0.15) is 5.10 Å². The van der Waals surface area contributed by atoms with Crippen LogP contribution in [0.15, 0.2) is 0 Å². The molecule has 1 saturated carbocycles. The molecular formula is C12H19N3O. The van der Waals surface area contributed by atoms with Crippen LogP contribution in [0, 0.1) is 0 Å². The van der Waals surface area contributed by atoms with E-state index in [1.165, 1.54) is 25.7 Å². The third kappa shape index (κ3) is 1.75. The molecule has 16 heavy (non-hydrogen) atoms. The van der Waals surface area contributed by atoms with Crippen molar-refractivity contribution in [1.82, 2.24) is 15.2 Å². The highest BCUT2D eigenvalue weighted by Crippen LogP contribution is 2.34. The summed E-state index contributed by atoms with van der Waals surface area (Å²) in [6.45, 7) is 2.97. The van der Waals surface area contributed by atoms with E-state index in [1.54, 1.807) is 0 Å². The van der Waals surface area contributed by atoms with Gasteiger partial charge in [0.25, 0.3) is 0 Å². The van der Waals surface area contributed by atoms with Crippen molar-refractivity contribution in [2.24, 2.45) is 0 Å². The number of hydrogen-bond donors (Lipinski definition) is 1. The van der Waals surface area contributed by atoms with Gasteiger partial charge in [0.1, 0.15) is 5.82 Å². The van der Waals surface area contributed by atoms with E-state index in [0.717, 1.165) is 24.7 Å². The lowest BCUT2D eigenvalue weighted by Gasteiger charge is -2.09. The molecule has 3 rings (SSSR count). The van der Waals surface area contributed by atoms with Crippen LogP contribution in [0.2, 0.25) is 0 Å². The molecule has 0 radical (unpaired) electrons. The summed E-state index contributed by atoms with van der Waals surface area (Å²) in [5.41, 5.74) is 0. The van der Waals surface area contributed by atoms with Crippen molar-refractivity contribution in [3.8, 4) is 0 Å². The fourth-order valence-corrected chi connectivity index (χ4v) is 2.91. The van der Waals surface area contributed by atoms with Gasteiger partial charge >= 0.3 is 0 Å². The monoisotopic (exact) mass is 221 g/mol. The molecule has 2 heterocycles. The van der Waals surface area contributed by atoms with E-state index in [9.17, 15) is 0 Å². The van der Waals surface area contributed by atoms with Gasteiger partial charge in [-0.1, -0.05) is 12.8 Å².